The van der Waals surface area contributed by atoms with Crippen LogP contribution in [0.2, 0.25) is 5.02 Å². The van der Waals surface area contributed by atoms with E-state index in [1.165, 1.54) is 13.0 Å². The average molecular weight is 421 g/mol. The summed E-state index contributed by atoms with van der Waals surface area (Å²) in [6.45, 7) is 1.22. The van der Waals surface area contributed by atoms with Gasteiger partial charge in [0.25, 0.3) is 15.7 Å². The zero-order chi connectivity index (χ0) is 19.6. The number of carbonyl (C=O) groups excluding carboxylic acids is 1. The third kappa shape index (κ3) is 3.95. The van der Waals surface area contributed by atoms with Crippen LogP contribution in [0, 0.1) is 15.9 Å². The van der Waals surface area contributed by atoms with Crippen LogP contribution in [0.25, 0.3) is 0 Å². The molecule has 11 heteroatoms. The van der Waals surface area contributed by atoms with Gasteiger partial charge in [-0.1, -0.05) is 17.7 Å². The number of rotatable bonds is 6. The van der Waals surface area contributed by atoms with E-state index in [4.69, 9.17) is 23.2 Å². The van der Waals surface area contributed by atoms with Gasteiger partial charge in [-0.3, -0.25) is 19.2 Å². The van der Waals surface area contributed by atoms with Gasteiger partial charge in [0, 0.05) is 12.1 Å². The molecule has 0 heterocycles. The van der Waals surface area contributed by atoms with Crippen molar-refractivity contribution in [3.05, 3.63) is 63.4 Å². The molecule has 2 aromatic carbocycles. The summed E-state index contributed by atoms with van der Waals surface area (Å²) in [5.74, 6) is -0.784. The van der Waals surface area contributed by atoms with Crippen LogP contribution in [0.5, 0.6) is 0 Å². The molecule has 0 radical (unpaired) electrons. The van der Waals surface area contributed by atoms with E-state index in [-0.39, 0.29) is 10.7 Å². The van der Waals surface area contributed by atoms with E-state index >= 15 is 0 Å². The summed E-state index contributed by atoms with van der Waals surface area (Å²) in [6, 6.07) is 5.96. The van der Waals surface area contributed by atoms with E-state index in [2.05, 4.69) is 0 Å². The van der Waals surface area contributed by atoms with Gasteiger partial charge in [0.15, 0.2) is 0 Å². The molecule has 0 N–H and O–H groups in total. The fourth-order valence-corrected chi connectivity index (χ4v) is 4.14. The minimum atomic E-state index is -4.44. The summed E-state index contributed by atoms with van der Waals surface area (Å²) in [6.07, 6.45) is 0. The number of benzene rings is 2. The molecule has 1 atom stereocenters. The molecule has 0 aliphatic carbocycles. The lowest BCUT2D eigenvalue weighted by molar-refractivity contribution is -0.385. The molecule has 0 saturated heterocycles. The maximum Gasteiger partial charge on any atom is 0.270 e. The summed E-state index contributed by atoms with van der Waals surface area (Å²) >= 11 is 11.2. The molecule has 26 heavy (non-hydrogen) atoms. The molecule has 0 amide bonds. The van der Waals surface area contributed by atoms with Crippen molar-refractivity contribution >= 4 is 49.8 Å². The normalized spacial score (nSPS) is 12.5. The second kappa shape index (κ2) is 7.56. The highest BCUT2D eigenvalue weighted by molar-refractivity contribution is 7.93. The third-order valence-electron chi connectivity index (χ3n) is 3.42. The Kier molecular flexibility index (Phi) is 5.84. The number of carbonyl (C=O) groups is 1. The topological polar surface area (TPSA) is 97.6 Å². The Morgan fingerprint density at radius 1 is 1.27 bits per heavy atom. The molecule has 138 valence electrons. The Bertz CT molecular complexity index is 984. The summed E-state index contributed by atoms with van der Waals surface area (Å²) < 4.78 is 40.1. The standard InChI is InChI=1S/C15H11Cl2FN2O5S/c1-9(15(17)21)19(10-5-6-14(18)13(16)8-10)26(24,25)12-4-2-3-11(7-12)20(22)23/h2-9H,1H3. The first kappa shape index (κ1) is 20.1. The van der Waals surface area contributed by atoms with E-state index in [9.17, 15) is 27.7 Å². The highest BCUT2D eigenvalue weighted by Gasteiger charge is 2.33. The quantitative estimate of drug-likeness (QED) is 0.402. The maximum absolute atomic E-state index is 13.4. The molecule has 2 aromatic rings. The zero-order valence-electron chi connectivity index (χ0n) is 13.1. The van der Waals surface area contributed by atoms with Crippen LogP contribution in [-0.2, 0) is 14.8 Å². The lowest BCUT2D eigenvalue weighted by Gasteiger charge is -2.28. The van der Waals surface area contributed by atoms with Crippen LogP contribution in [0.15, 0.2) is 47.4 Å². The van der Waals surface area contributed by atoms with Gasteiger partial charge in [-0.05, 0) is 42.8 Å². The van der Waals surface area contributed by atoms with E-state index in [1.807, 2.05) is 0 Å². The van der Waals surface area contributed by atoms with Crippen LogP contribution < -0.4 is 4.31 Å². The van der Waals surface area contributed by atoms with Crippen molar-refractivity contribution in [1.82, 2.24) is 0 Å². The number of anilines is 1. The Morgan fingerprint density at radius 3 is 2.46 bits per heavy atom. The van der Waals surface area contributed by atoms with E-state index in [0.717, 1.165) is 36.4 Å². The molecular formula is C15H11Cl2FN2O5S. The average Bonchev–Trinajstić information content (AvgIpc) is 2.58. The Hall–Kier alpha value is -2.23. The molecule has 1 unspecified atom stereocenters. The molecule has 0 aliphatic heterocycles. The first-order valence-corrected chi connectivity index (χ1v) is 9.18. The lowest BCUT2D eigenvalue weighted by atomic mass is 10.2. The number of sulfonamides is 1. The molecule has 0 spiro atoms. The van der Waals surface area contributed by atoms with Crippen LogP contribution in [-0.4, -0.2) is 24.6 Å². The first-order chi connectivity index (χ1) is 12.1. The number of hydrogen-bond acceptors (Lipinski definition) is 5. The van der Waals surface area contributed by atoms with Gasteiger partial charge < -0.3 is 0 Å². The van der Waals surface area contributed by atoms with Crippen molar-refractivity contribution in [3.63, 3.8) is 0 Å². The first-order valence-electron chi connectivity index (χ1n) is 6.99. The zero-order valence-corrected chi connectivity index (χ0v) is 15.4. The van der Waals surface area contributed by atoms with Gasteiger partial charge in [-0.25, -0.2) is 12.8 Å². The summed E-state index contributed by atoms with van der Waals surface area (Å²) in [5, 5.41) is 9.54. The van der Waals surface area contributed by atoms with Crippen molar-refractivity contribution in [1.29, 1.82) is 0 Å². The number of hydrogen-bond donors (Lipinski definition) is 0. The number of nitrogens with zero attached hydrogens (tertiary/aromatic N) is 2. The highest BCUT2D eigenvalue weighted by Crippen LogP contribution is 2.31. The van der Waals surface area contributed by atoms with Gasteiger partial charge in [-0.2, -0.15) is 0 Å². The third-order valence-corrected chi connectivity index (χ3v) is 5.92. The molecule has 0 fully saturated rings. The molecule has 0 aliphatic rings. The van der Waals surface area contributed by atoms with Crippen molar-refractivity contribution in [3.8, 4) is 0 Å². The fourth-order valence-electron chi connectivity index (χ4n) is 2.16. The number of non-ortho nitro benzene ring substituents is 1. The van der Waals surface area contributed by atoms with Crippen LogP contribution in [0.4, 0.5) is 15.8 Å². The van der Waals surface area contributed by atoms with Crippen molar-refractivity contribution in [2.24, 2.45) is 0 Å². The highest BCUT2D eigenvalue weighted by atomic mass is 35.5. The smallest absolute Gasteiger partial charge is 0.270 e. The second-order valence-corrected chi connectivity index (χ2v) is 7.73. The molecule has 2 rings (SSSR count). The predicted molar refractivity (Wildman–Crippen MR) is 94.5 cm³/mol. The number of halogens is 3. The van der Waals surface area contributed by atoms with Gasteiger partial charge in [0.1, 0.15) is 11.9 Å². The number of nitro benzene ring substituents is 1. The van der Waals surface area contributed by atoms with E-state index < -0.39 is 42.6 Å². The van der Waals surface area contributed by atoms with Crippen molar-refractivity contribution < 1.29 is 22.5 Å². The van der Waals surface area contributed by atoms with Gasteiger partial charge in [0.05, 0.1) is 20.5 Å². The summed E-state index contributed by atoms with van der Waals surface area (Å²) in [5.41, 5.74) is -0.572. The van der Waals surface area contributed by atoms with Gasteiger partial charge in [-0.15, -0.1) is 0 Å². The van der Waals surface area contributed by atoms with Crippen molar-refractivity contribution in [2.75, 3.05) is 4.31 Å². The van der Waals surface area contributed by atoms with Gasteiger partial charge in [0.2, 0.25) is 5.24 Å². The molecular weight excluding hydrogens is 410 g/mol. The molecule has 7 nitrogen and oxygen atoms in total. The maximum atomic E-state index is 13.4. The molecule has 0 bridgehead atoms. The van der Waals surface area contributed by atoms with Crippen LogP contribution in [0.1, 0.15) is 6.92 Å². The summed E-state index contributed by atoms with van der Waals surface area (Å²) in [4.78, 5) is 21.3. The van der Waals surface area contributed by atoms with E-state index in [0.29, 0.717) is 4.31 Å². The SMILES string of the molecule is CC(C(=O)Cl)N(c1ccc(F)c(Cl)c1)S(=O)(=O)c1cccc([N+](=O)[O-])c1. The largest absolute Gasteiger partial charge is 0.279 e. The Morgan fingerprint density at radius 2 is 1.92 bits per heavy atom. The van der Waals surface area contributed by atoms with Crippen LogP contribution in [0.3, 0.4) is 0 Å². The fraction of sp³-hybridized carbons (Fsp3) is 0.133. The Labute approximate surface area is 158 Å². The van der Waals surface area contributed by atoms with Gasteiger partial charge >= 0.3 is 0 Å². The lowest BCUT2D eigenvalue weighted by Crippen LogP contribution is -2.42. The Balaban J connectivity index is 2.67. The minimum absolute atomic E-state index is 0.121. The monoisotopic (exact) mass is 420 g/mol. The predicted octanol–water partition coefficient (Wildman–Crippen LogP) is 3.74. The van der Waals surface area contributed by atoms with E-state index in [1.54, 1.807) is 0 Å². The molecule has 0 saturated carbocycles. The number of nitro groups is 1. The van der Waals surface area contributed by atoms with Crippen molar-refractivity contribution in [2.45, 2.75) is 17.9 Å². The van der Waals surface area contributed by atoms with Crippen LogP contribution >= 0.6 is 23.2 Å². The second-order valence-electron chi connectivity index (χ2n) is 5.13. The molecule has 0 aromatic heterocycles. The summed E-state index contributed by atoms with van der Waals surface area (Å²) in [7, 11) is -4.44. The minimum Gasteiger partial charge on any atom is -0.279 e.